The molecule has 0 atom stereocenters. The number of carbonyl (C=O) groups excluding carboxylic acids is 1. The van der Waals surface area contributed by atoms with Gasteiger partial charge in [0.1, 0.15) is 0 Å². The Morgan fingerprint density at radius 3 is 2.56 bits per heavy atom. The maximum atomic E-state index is 12.0. The molecule has 2 rings (SSSR count). The highest BCUT2D eigenvalue weighted by molar-refractivity contribution is 6.04. The molecule has 0 saturated heterocycles. The summed E-state index contributed by atoms with van der Waals surface area (Å²) in [6.45, 7) is 1.84. The van der Waals surface area contributed by atoms with E-state index in [1.54, 1.807) is 42.2 Å². The number of nitrogens with zero attached hydrogens (tertiary/aromatic N) is 2. The van der Waals surface area contributed by atoms with Crippen LogP contribution in [0.2, 0.25) is 0 Å². The van der Waals surface area contributed by atoms with Gasteiger partial charge in [-0.1, -0.05) is 12.1 Å². The van der Waals surface area contributed by atoms with E-state index in [1.165, 1.54) is 0 Å². The summed E-state index contributed by atoms with van der Waals surface area (Å²) >= 11 is 0. The molecule has 2 N–H and O–H groups in total. The first kappa shape index (κ1) is 12.3. The number of aryl methyl sites for hydroxylation is 1. The first-order valence-electron chi connectivity index (χ1n) is 5.61. The van der Waals surface area contributed by atoms with E-state index >= 15 is 0 Å². The molecule has 0 bridgehead atoms. The smallest absolute Gasteiger partial charge is 0.259 e. The predicted octanol–water partition coefficient (Wildman–Crippen LogP) is 1.47. The van der Waals surface area contributed by atoms with Crippen molar-refractivity contribution in [3.8, 4) is 0 Å². The topological polar surface area (TPSA) is 67.2 Å². The van der Waals surface area contributed by atoms with E-state index in [2.05, 4.69) is 10.4 Å². The summed E-state index contributed by atoms with van der Waals surface area (Å²) in [6.07, 6.45) is 1.55. The molecular weight excluding hydrogens is 230 g/mol. The van der Waals surface area contributed by atoms with Gasteiger partial charge >= 0.3 is 0 Å². The minimum atomic E-state index is -0.183. The van der Waals surface area contributed by atoms with Gasteiger partial charge in [-0.2, -0.15) is 5.10 Å². The molecule has 2 aromatic rings. The second kappa shape index (κ2) is 5.01. The maximum absolute atomic E-state index is 12.0. The molecule has 0 saturated carbocycles. The zero-order chi connectivity index (χ0) is 13.1. The van der Waals surface area contributed by atoms with Gasteiger partial charge in [0.25, 0.3) is 5.91 Å². The summed E-state index contributed by atoms with van der Waals surface area (Å²) in [5.74, 6) is -0.183. The zero-order valence-corrected chi connectivity index (χ0v) is 10.3. The number of amides is 1. The Kier molecular flexibility index (Phi) is 3.43. The SMILES string of the molecule is Cc1c(C(=O)Nc2ccc(CO)cc2)cnn1C. The molecule has 1 heterocycles. The van der Waals surface area contributed by atoms with Crippen LogP contribution >= 0.6 is 0 Å². The molecule has 5 heteroatoms. The van der Waals surface area contributed by atoms with Crippen LogP contribution in [0.3, 0.4) is 0 Å². The Balaban J connectivity index is 2.13. The Hall–Kier alpha value is -2.14. The first-order chi connectivity index (χ1) is 8.61. The van der Waals surface area contributed by atoms with Crippen LogP contribution in [-0.2, 0) is 13.7 Å². The number of hydrogen-bond donors (Lipinski definition) is 2. The van der Waals surface area contributed by atoms with E-state index in [9.17, 15) is 4.79 Å². The summed E-state index contributed by atoms with van der Waals surface area (Å²) < 4.78 is 1.66. The molecule has 18 heavy (non-hydrogen) atoms. The highest BCUT2D eigenvalue weighted by Crippen LogP contribution is 2.13. The number of aliphatic hydroxyl groups is 1. The molecule has 0 spiro atoms. The lowest BCUT2D eigenvalue weighted by Crippen LogP contribution is -2.12. The van der Waals surface area contributed by atoms with Crippen molar-refractivity contribution in [2.45, 2.75) is 13.5 Å². The third kappa shape index (κ3) is 2.41. The first-order valence-corrected chi connectivity index (χ1v) is 5.61. The lowest BCUT2D eigenvalue weighted by Gasteiger charge is -2.05. The number of hydrogen-bond acceptors (Lipinski definition) is 3. The lowest BCUT2D eigenvalue weighted by molar-refractivity contribution is 0.102. The standard InChI is InChI=1S/C13H15N3O2/c1-9-12(7-14-16(9)2)13(18)15-11-5-3-10(8-17)4-6-11/h3-7,17H,8H2,1-2H3,(H,15,18). The van der Waals surface area contributed by atoms with Crippen LogP contribution in [0, 0.1) is 6.92 Å². The minimum absolute atomic E-state index is 0.00403. The quantitative estimate of drug-likeness (QED) is 0.860. The summed E-state index contributed by atoms with van der Waals surface area (Å²) in [4.78, 5) is 12.0. The zero-order valence-electron chi connectivity index (χ0n) is 10.3. The maximum Gasteiger partial charge on any atom is 0.259 e. The van der Waals surface area contributed by atoms with E-state index in [-0.39, 0.29) is 12.5 Å². The largest absolute Gasteiger partial charge is 0.392 e. The van der Waals surface area contributed by atoms with E-state index < -0.39 is 0 Å². The molecule has 0 unspecified atom stereocenters. The van der Waals surface area contributed by atoms with E-state index in [1.807, 2.05) is 6.92 Å². The van der Waals surface area contributed by atoms with Crippen LogP contribution in [0.15, 0.2) is 30.5 Å². The van der Waals surface area contributed by atoms with Gasteiger partial charge in [-0.05, 0) is 24.6 Å². The molecule has 5 nitrogen and oxygen atoms in total. The normalized spacial score (nSPS) is 10.4. The van der Waals surface area contributed by atoms with Crippen molar-refractivity contribution in [2.24, 2.45) is 7.05 Å². The van der Waals surface area contributed by atoms with Crippen LogP contribution in [0.4, 0.5) is 5.69 Å². The third-order valence-electron chi connectivity index (χ3n) is 2.87. The van der Waals surface area contributed by atoms with Crippen LogP contribution in [0.25, 0.3) is 0 Å². The molecule has 94 valence electrons. The fourth-order valence-corrected chi connectivity index (χ4v) is 1.61. The average molecular weight is 245 g/mol. The van der Waals surface area contributed by atoms with Gasteiger partial charge in [-0.15, -0.1) is 0 Å². The molecule has 0 radical (unpaired) electrons. The number of aromatic nitrogens is 2. The summed E-state index contributed by atoms with van der Waals surface area (Å²) in [6, 6.07) is 7.06. The number of carbonyl (C=O) groups is 1. The van der Waals surface area contributed by atoms with Crippen LogP contribution in [0.5, 0.6) is 0 Å². The van der Waals surface area contributed by atoms with Gasteiger partial charge in [0.2, 0.25) is 0 Å². The van der Waals surface area contributed by atoms with Crippen molar-refractivity contribution in [2.75, 3.05) is 5.32 Å². The number of aliphatic hydroxyl groups excluding tert-OH is 1. The molecule has 1 aromatic heterocycles. The monoisotopic (exact) mass is 245 g/mol. The Morgan fingerprint density at radius 1 is 1.39 bits per heavy atom. The Bertz CT molecular complexity index is 558. The lowest BCUT2D eigenvalue weighted by atomic mass is 10.2. The van der Waals surface area contributed by atoms with Gasteiger partial charge in [0.15, 0.2) is 0 Å². The van der Waals surface area contributed by atoms with E-state index in [0.29, 0.717) is 11.3 Å². The summed E-state index contributed by atoms with van der Waals surface area (Å²) in [5, 5.41) is 15.7. The van der Waals surface area contributed by atoms with Gasteiger partial charge < -0.3 is 10.4 Å². The second-order valence-corrected chi connectivity index (χ2v) is 4.08. The fourth-order valence-electron chi connectivity index (χ4n) is 1.61. The summed E-state index contributed by atoms with van der Waals surface area (Å²) in [5.41, 5.74) is 2.88. The minimum Gasteiger partial charge on any atom is -0.392 e. The number of rotatable bonds is 3. The predicted molar refractivity (Wildman–Crippen MR) is 68.3 cm³/mol. The van der Waals surface area contributed by atoms with Crippen molar-refractivity contribution in [1.29, 1.82) is 0 Å². The third-order valence-corrected chi connectivity index (χ3v) is 2.87. The van der Waals surface area contributed by atoms with Gasteiger partial charge in [-0.25, -0.2) is 0 Å². The van der Waals surface area contributed by atoms with Crippen molar-refractivity contribution in [1.82, 2.24) is 9.78 Å². The molecule has 0 aliphatic rings. The highest BCUT2D eigenvalue weighted by atomic mass is 16.3. The van der Waals surface area contributed by atoms with Crippen LogP contribution < -0.4 is 5.32 Å². The number of benzene rings is 1. The van der Waals surface area contributed by atoms with Crippen molar-refractivity contribution in [3.05, 3.63) is 47.3 Å². The molecule has 1 aromatic carbocycles. The molecule has 0 aliphatic heterocycles. The van der Waals surface area contributed by atoms with Gasteiger partial charge in [0.05, 0.1) is 18.4 Å². The second-order valence-electron chi connectivity index (χ2n) is 4.08. The molecule has 1 amide bonds. The Labute approximate surface area is 105 Å². The summed E-state index contributed by atoms with van der Waals surface area (Å²) in [7, 11) is 1.79. The van der Waals surface area contributed by atoms with Gasteiger partial charge in [0, 0.05) is 18.4 Å². The van der Waals surface area contributed by atoms with Crippen molar-refractivity contribution in [3.63, 3.8) is 0 Å². The van der Waals surface area contributed by atoms with Crippen LogP contribution in [-0.4, -0.2) is 20.8 Å². The van der Waals surface area contributed by atoms with E-state index in [4.69, 9.17) is 5.11 Å². The van der Waals surface area contributed by atoms with Crippen molar-refractivity contribution < 1.29 is 9.90 Å². The highest BCUT2D eigenvalue weighted by Gasteiger charge is 2.12. The fraction of sp³-hybridized carbons (Fsp3) is 0.231. The number of nitrogens with one attached hydrogen (secondary N) is 1. The average Bonchev–Trinajstić information content (AvgIpc) is 2.71. The molecule has 0 aliphatic carbocycles. The van der Waals surface area contributed by atoms with Crippen LogP contribution in [0.1, 0.15) is 21.6 Å². The van der Waals surface area contributed by atoms with E-state index in [0.717, 1.165) is 11.3 Å². The molecular formula is C13H15N3O2. The molecule has 0 fully saturated rings. The number of anilines is 1. The Morgan fingerprint density at radius 2 is 2.06 bits per heavy atom. The van der Waals surface area contributed by atoms with Gasteiger partial charge in [-0.3, -0.25) is 9.48 Å². The van der Waals surface area contributed by atoms with Crippen molar-refractivity contribution >= 4 is 11.6 Å².